The Morgan fingerprint density at radius 2 is 1.21 bits per heavy atom. The molecule has 0 fully saturated rings. The third-order valence-corrected chi connectivity index (χ3v) is 10.5. The van der Waals surface area contributed by atoms with Crippen LogP contribution in [0.25, 0.3) is 0 Å². The Kier molecular flexibility index (Phi) is 37.6. The monoisotopic (exact) mass is 812 g/mol. The Labute approximate surface area is 344 Å². The molecule has 0 heterocycles. The molecule has 0 radical (unpaired) electrons. The second-order valence-electron chi connectivity index (χ2n) is 16.3. The van der Waals surface area contributed by atoms with Gasteiger partial charge in [-0.3, -0.25) is 9.36 Å². The number of carbonyl (C=O) groups is 1. The Hall–Kier alpha value is -1.74. The molecule has 0 aliphatic rings. The van der Waals surface area contributed by atoms with Gasteiger partial charge in [-0.25, -0.2) is 0 Å². The van der Waals surface area contributed by atoms with Crippen LogP contribution in [0.5, 0.6) is 0 Å². The molecule has 0 aromatic rings. The van der Waals surface area contributed by atoms with Gasteiger partial charge in [-0.2, -0.15) is 0 Å². The molecule has 0 aliphatic carbocycles. The summed E-state index contributed by atoms with van der Waals surface area (Å²) in [4.78, 5) is 25.0. The zero-order valence-corrected chi connectivity index (χ0v) is 37.6. The standard InChI is InChI=1S/C46H86NO8P/c1-6-8-10-12-14-16-18-20-21-22-24-26-28-30-32-34-40-52-42-45(43-54-56(50,51)53-41-39-47(3,4)5)55-46(49)38-35-37-44(48)36-33-31-29-27-25-23-19-17-15-13-11-9-7-2/h23,25,29,31,33-34,36,40,44-45,48H,6-22,24,26-28,30,32,35,37-39,41-43H2,1-5H3/b25-23+,31-29+,36-33+,40-34+/t44?,45-/m1/s1. The van der Waals surface area contributed by atoms with Gasteiger partial charge in [0.05, 0.1) is 40.1 Å². The van der Waals surface area contributed by atoms with Crippen molar-refractivity contribution < 1.29 is 42.4 Å². The van der Waals surface area contributed by atoms with Gasteiger partial charge in [0.15, 0.2) is 6.10 Å². The maximum absolute atomic E-state index is 12.7. The van der Waals surface area contributed by atoms with Crippen LogP contribution >= 0.6 is 7.82 Å². The van der Waals surface area contributed by atoms with E-state index in [1.165, 1.54) is 122 Å². The van der Waals surface area contributed by atoms with Crippen molar-refractivity contribution in [1.29, 1.82) is 0 Å². The molecule has 0 bridgehead atoms. The quantitative estimate of drug-likeness (QED) is 0.0123. The second-order valence-corrected chi connectivity index (χ2v) is 17.7. The molecule has 3 atom stereocenters. The van der Waals surface area contributed by atoms with Crippen molar-refractivity contribution in [3.63, 3.8) is 0 Å². The first kappa shape index (κ1) is 54.3. The van der Waals surface area contributed by atoms with Crippen LogP contribution in [0.2, 0.25) is 0 Å². The number of quaternary nitrogens is 1. The minimum atomic E-state index is -4.59. The molecule has 0 rings (SSSR count). The molecule has 10 heteroatoms. The number of esters is 1. The molecular formula is C46H86NO8P. The van der Waals surface area contributed by atoms with Crippen LogP contribution in [0, 0.1) is 0 Å². The van der Waals surface area contributed by atoms with Crippen LogP contribution in [-0.4, -0.2) is 75.3 Å². The fourth-order valence-electron chi connectivity index (χ4n) is 5.99. The lowest BCUT2D eigenvalue weighted by atomic mass is 10.0. The molecular weight excluding hydrogens is 725 g/mol. The number of phosphoric acid groups is 1. The number of carbonyl (C=O) groups excluding carboxylic acids is 1. The van der Waals surface area contributed by atoms with Gasteiger partial charge in [0.25, 0.3) is 7.82 Å². The van der Waals surface area contributed by atoms with Crippen LogP contribution in [-0.2, 0) is 27.9 Å². The summed E-state index contributed by atoms with van der Waals surface area (Å²) in [6.07, 6.45) is 43.9. The molecule has 328 valence electrons. The minimum Gasteiger partial charge on any atom is -0.756 e. The van der Waals surface area contributed by atoms with E-state index in [1.807, 2.05) is 45.4 Å². The summed E-state index contributed by atoms with van der Waals surface area (Å²) in [7, 11) is 1.21. The summed E-state index contributed by atoms with van der Waals surface area (Å²) < 4.78 is 34.2. The Morgan fingerprint density at radius 3 is 1.77 bits per heavy atom. The van der Waals surface area contributed by atoms with Crippen molar-refractivity contribution in [3.05, 3.63) is 48.8 Å². The average Bonchev–Trinajstić information content (AvgIpc) is 3.14. The first-order chi connectivity index (χ1) is 27.0. The fourth-order valence-corrected chi connectivity index (χ4v) is 6.72. The third kappa shape index (κ3) is 41.9. The molecule has 0 aromatic heterocycles. The Morgan fingerprint density at radius 1 is 0.679 bits per heavy atom. The molecule has 0 amide bonds. The molecule has 1 N–H and O–H groups in total. The zero-order chi connectivity index (χ0) is 41.4. The highest BCUT2D eigenvalue weighted by Gasteiger charge is 2.20. The first-order valence-electron chi connectivity index (χ1n) is 22.5. The largest absolute Gasteiger partial charge is 0.756 e. The van der Waals surface area contributed by atoms with Crippen molar-refractivity contribution in [3.8, 4) is 0 Å². The summed E-state index contributed by atoms with van der Waals surface area (Å²) >= 11 is 0. The number of ether oxygens (including phenoxy) is 2. The highest BCUT2D eigenvalue weighted by molar-refractivity contribution is 7.45. The SMILES string of the molecule is CCCCCCCC/C=C/C/C=C/C=C/C(O)CCCC(=O)O[C@H](CO/C=C/CCCCCCCCCCCCCCCC)COP(=O)([O-])OCC[N+](C)(C)C. The van der Waals surface area contributed by atoms with E-state index in [2.05, 4.69) is 26.0 Å². The van der Waals surface area contributed by atoms with Gasteiger partial charge < -0.3 is 33.0 Å². The number of hydrogen-bond acceptors (Lipinski definition) is 8. The zero-order valence-electron chi connectivity index (χ0n) is 36.7. The van der Waals surface area contributed by atoms with E-state index in [1.54, 1.807) is 12.3 Å². The maximum atomic E-state index is 12.7. The van der Waals surface area contributed by atoms with Crippen LogP contribution in [0.15, 0.2) is 48.8 Å². The average molecular weight is 812 g/mol. The summed E-state index contributed by atoms with van der Waals surface area (Å²) in [5.41, 5.74) is 0. The fraction of sp³-hybridized carbons (Fsp3) is 0.804. The first-order valence-corrected chi connectivity index (χ1v) is 24.0. The van der Waals surface area contributed by atoms with Crippen molar-refractivity contribution in [1.82, 2.24) is 0 Å². The van der Waals surface area contributed by atoms with Gasteiger partial charge in [-0.1, -0.05) is 166 Å². The summed E-state index contributed by atoms with van der Waals surface area (Å²) in [5, 5.41) is 10.3. The van der Waals surface area contributed by atoms with Gasteiger partial charge in [-0.15, -0.1) is 0 Å². The molecule has 0 saturated heterocycles. The molecule has 0 saturated carbocycles. The normalized spacial score (nSPS) is 14.7. The number of aliphatic hydroxyl groups excluding tert-OH is 1. The number of phosphoric ester groups is 1. The van der Waals surface area contributed by atoms with Crippen molar-refractivity contribution in [2.45, 2.75) is 193 Å². The van der Waals surface area contributed by atoms with Gasteiger partial charge in [0, 0.05) is 6.42 Å². The highest BCUT2D eigenvalue weighted by atomic mass is 31.2. The van der Waals surface area contributed by atoms with Crippen molar-refractivity contribution in [2.75, 3.05) is 47.5 Å². The van der Waals surface area contributed by atoms with E-state index in [0.29, 0.717) is 23.9 Å². The summed E-state index contributed by atoms with van der Waals surface area (Å²) in [5.74, 6) is -0.510. The molecule has 0 spiro atoms. The number of allylic oxidation sites excluding steroid dienone is 6. The number of rotatable bonds is 41. The van der Waals surface area contributed by atoms with Crippen LogP contribution in [0.4, 0.5) is 0 Å². The predicted octanol–water partition coefficient (Wildman–Crippen LogP) is 11.8. The molecule has 0 aromatic carbocycles. The summed E-state index contributed by atoms with van der Waals surface area (Å²) in [6.45, 7) is 4.51. The maximum Gasteiger partial charge on any atom is 0.306 e. The lowest BCUT2D eigenvalue weighted by molar-refractivity contribution is -0.870. The van der Waals surface area contributed by atoms with Crippen LogP contribution < -0.4 is 4.89 Å². The summed E-state index contributed by atoms with van der Waals surface area (Å²) in [6, 6.07) is 0. The Balaban J connectivity index is 4.47. The number of likely N-dealkylation sites (N-methyl/N-ethyl adjacent to an activating group) is 1. The van der Waals surface area contributed by atoms with E-state index in [9.17, 15) is 19.4 Å². The third-order valence-electron chi connectivity index (χ3n) is 9.55. The Bertz CT molecular complexity index is 1050. The second kappa shape index (κ2) is 38.8. The van der Waals surface area contributed by atoms with E-state index in [-0.39, 0.29) is 19.6 Å². The van der Waals surface area contributed by atoms with Crippen LogP contribution in [0.1, 0.15) is 181 Å². The van der Waals surface area contributed by atoms with Gasteiger partial charge in [0.1, 0.15) is 19.8 Å². The van der Waals surface area contributed by atoms with Crippen molar-refractivity contribution >= 4 is 13.8 Å². The highest BCUT2D eigenvalue weighted by Crippen LogP contribution is 2.38. The van der Waals surface area contributed by atoms with Gasteiger partial charge in [0.2, 0.25) is 0 Å². The van der Waals surface area contributed by atoms with Gasteiger partial charge >= 0.3 is 5.97 Å². The smallest absolute Gasteiger partial charge is 0.306 e. The van der Waals surface area contributed by atoms with E-state index >= 15 is 0 Å². The lowest BCUT2D eigenvalue weighted by Crippen LogP contribution is -2.37. The molecule has 2 unspecified atom stereocenters. The molecule has 0 aliphatic heterocycles. The lowest BCUT2D eigenvalue weighted by Gasteiger charge is -2.28. The number of unbranched alkanes of at least 4 members (excludes halogenated alkanes) is 20. The number of nitrogens with zero attached hydrogens (tertiary/aromatic N) is 1. The van der Waals surface area contributed by atoms with Gasteiger partial charge in [-0.05, 0) is 51.0 Å². The molecule has 9 nitrogen and oxygen atoms in total. The molecule has 56 heavy (non-hydrogen) atoms. The number of aliphatic hydroxyl groups is 1. The number of hydrogen-bond donors (Lipinski definition) is 1. The minimum absolute atomic E-state index is 0.0177. The van der Waals surface area contributed by atoms with E-state index in [0.717, 1.165) is 25.7 Å². The van der Waals surface area contributed by atoms with E-state index in [4.69, 9.17) is 18.5 Å². The van der Waals surface area contributed by atoms with Crippen LogP contribution in [0.3, 0.4) is 0 Å². The topological polar surface area (TPSA) is 114 Å². The van der Waals surface area contributed by atoms with E-state index < -0.39 is 32.6 Å². The predicted molar refractivity (Wildman–Crippen MR) is 232 cm³/mol. The van der Waals surface area contributed by atoms with Crippen molar-refractivity contribution in [2.24, 2.45) is 0 Å².